The summed E-state index contributed by atoms with van der Waals surface area (Å²) >= 11 is 1.49. The van der Waals surface area contributed by atoms with Crippen LogP contribution in [0.3, 0.4) is 0 Å². The predicted octanol–water partition coefficient (Wildman–Crippen LogP) is 2.59. The molecule has 0 amide bonds. The third kappa shape index (κ3) is 2.47. The lowest BCUT2D eigenvalue weighted by molar-refractivity contribution is -0.151. The van der Waals surface area contributed by atoms with Gasteiger partial charge in [-0.05, 0) is 40.2 Å². The van der Waals surface area contributed by atoms with Crippen LogP contribution in [0.1, 0.15) is 37.3 Å². The van der Waals surface area contributed by atoms with Crippen molar-refractivity contribution in [2.45, 2.75) is 46.8 Å². The highest BCUT2D eigenvalue weighted by atomic mass is 32.1. The van der Waals surface area contributed by atoms with Crippen molar-refractivity contribution in [3.05, 3.63) is 27.1 Å². The van der Waals surface area contributed by atoms with Gasteiger partial charge >= 0.3 is 5.97 Å². The number of hydrogen-bond donors (Lipinski definition) is 0. The summed E-state index contributed by atoms with van der Waals surface area (Å²) in [7, 11) is 0. The quantitative estimate of drug-likeness (QED) is 0.816. The van der Waals surface area contributed by atoms with E-state index in [0.29, 0.717) is 10.2 Å². The van der Waals surface area contributed by atoms with Gasteiger partial charge in [-0.1, -0.05) is 0 Å². The number of esters is 1. The lowest BCUT2D eigenvalue weighted by Gasteiger charge is -2.15. The molecule has 1 atom stereocenters. The maximum atomic E-state index is 12.5. The topological polar surface area (TPSA) is 61.2 Å². The second kappa shape index (κ2) is 5.36. The van der Waals surface area contributed by atoms with Crippen LogP contribution in [0.4, 0.5) is 0 Å². The van der Waals surface area contributed by atoms with Crippen molar-refractivity contribution in [3.8, 4) is 0 Å². The monoisotopic (exact) mass is 294 g/mol. The molecule has 2 heterocycles. The third-order valence-corrected chi connectivity index (χ3v) is 4.34. The minimum absolute atomic E-state index is 0.190. The summed E-state index contributed by atoms with van der Waals surface area (Å²) in [6.45, 7) is 9.07. The van der Waals surface area contributed by atoms with Gasteiger partial charge in [0.1, 0.15) is 10.9 Å². The molecule has 2 rings (SSSR count). The van der Waals surface area contributed by atoms with Crippen molar-refractivity contribution in [3.63, 3.8) is 0 Å². The van der Waals surface area contributed by atoms with Gasteiger partial charge in [-0.3, -0.25) is 9.36 Å². The van der Waals surface area contributed by atoms with Gasteiger partial charge in [0, 0.05) is 4.88 Å². The Balaban J connectivity index is 2.51. The van der Waals surface area contributed by atoms with Crippen molar-refractivity contribution in [2.75, 3.05) is 0 Å². The molecule has 0 saturated heterocycles. The first-order chi connectivity index (χ1) is 9.32. The van der Waals surface area contributed by atoms with E-state index in [0.717, 1.165) is 10.4 Å². The highest BCUT2D eigenvalue weighted by Crippen LogP contribution is 2.25. The molecule has 0 bridgehead atoms. The number of carbonyl (C=O) groups excluding carboxylic acids is 1. The van der Waals surface area contributed by atoms with E-state index in [1.807, 2.05) is 13.8 Å². The smallest absolute Gasteiger partial charge is 0.329 e. The maximum absolute atomic E-state index is 12.5. The molecule has 20 heavy (non-hydrogen) atoms. The van der Waals surface area contributed by atoms with E-state index in [1.54, 1.807) is 20.8 Å². The number of carbonyl (C=O) groups is 1. The van der Waals surface area contributed by atoms with Crippen LogP contribution in [0.25, 0.3) is 10.2 Å². The number of ether oxygens (including phenoxy) is 1. The van der Waals surface area contributed by atoms with Crippen LogP contribution in [0.5, 0.6) is 0 Å². The maximum Gasteiger partial charge on any atom is 0.329 e. The summed E-state index contributed by atoms with van der Waals surface area (Å²) in [6.07, 6.45) is 1.22. The number of rotatable bonds is 3. The fourth-order valence-electron chi connectivity index (χ4n) is 1.97. The van der Waals surface area contributed by atoms with E-state index in [4.69, 9.17) is 4.74 Å². The Morgan fingerprint density at radius 2 is 2.00 bits per heavy atom. The second-order valence-corrected chi connectivity index (χ2v) is 6.29. The highest BCUT2D eigenvalue weighted by molar-refractivity contribution is 7.18. The summed E-state index contributed by atoms with van der Waals surface area (Å²) in [5.41, 5.74) is 0.742. The molecule has 0 aliphatic carbocycles. The minimum Gasteiger partial charge on any atom is -0.461 e. The summed E-state index contributed by atoms with van der Waals surface area (Å²) in [5.74, 6) is -0.423. The Morgan fingerprint density at radius 1 is 1.35 bits per heavy atom. The Kier molecular flexibility index (Phi) is 3.94. The van der Waals surface area contributed by atoms with E-state index >= 15 is 0 Å². The molecule has 0 aromatic carbocycles. The molecule has 0 aliphatic rings. The zero-order chi connectivity index (χ0) is 15.0. The SMILES string of the molecule is Cc1sc2ncn([C@@H](C)C(=O)OC(C)C)c(=O)c2c1C. The van der Waals surface area contributed by atoms with Crippen LogP contribution in [0.2, 0.25) is 0 Å². The summed E-state index contributed by atoms with van der Waals surface area (Å²) < 4.78 is 6.48. The Bertz CT molecular complexity index is 715. The van der Waals surface area contributed by atoms with E-state index in [2.05, 4.69) is 4.98 Å². The first kappa shape index (κ1) is 14.7. The van der Waals surface area contributed by atoms with Gasteiger partial charge in [-0.25, -0.2) is 9.78 Å². The lowest BCUT2D eigenvalue weighted by Crippen LogP contribution is -2.30. The first-order valence-corrected chi connectivity index (χ1v) is 7.32. The number of hydrogen-bond acceptors (Lipinski definition) is 5. The molecular formula is C14H18N2O3S. The third-order valence-electron chi connectivity index (χ3n) is 3.22. The van der Waals surface area contributed by atoms with Gasteiger partial charge in [-0.15, -0.1) is 11.3 Å². The fraction of sp³-hybridized carbons (Fsp3) is 0.500. The summed E-state index contributed by atoms with van der Waals surface area (Å²) in [4.78, 5) is 30.5. The van der Waals surface area contributed by atoms with E-state index in [-0.39, 0.29) is 11.7 Å². The van der Waals surface area contributed by atoms with E-state index in [1.165, 1.54) is 22.2 Å². The number of aromatic nitrogens is 2. The van der Waals surface area contributed by atoms with Crippen LogP contribution in [0, 0.1) is 13.8 Å². The second-order valence-electron chi connectivity index (χ2n) is 5.08. The van der Waals surface area contributed by atoms with Crippen molar-refractivity contribution in [1.82, 2.24) is 9.55 Å². The number of aryl methyl sites for hydroxylation is 2. The highest BCUT2D eigenvalue weighted by Gasteiger charge is 2.21. The van der Waals surface area contributed by atoms with Crippen LogP contribution in [-0.2, 0) is 9.53 Å². The van der Waals surface area contributed by atoms with Crippen LogP contribution < -0.4 is 5.56 Å². The van der Waals surface area contributed by atoms with Crippen molar-refractivity contribution >= 4 is 27.5 Å². The summed E-state index contributed by atoms with van der Waals surface area (Å²) in [6, 6.07) is -0.679. The van der Waals surface area contributed by atoms with Crippen molar-refractivity contribution in [2.24, 2.45) is 0 Å². The zero-order valence-corrected chi connectivity index (χ0v) is 13.1. The van der Waals surface area contributed by atoms with Gasteiger partial charge in [0.2, 0.25) is 0 Å². The number of thiophene rings is 1. The molecule has 6 heteroatoms. The largest absolute Gasteiger partial charge is 0.461 e. The number of fused-ring (bicyclic) bond motifs is 1. The van der Waals surface area contributed by atoms with Gasteiger partial charge in [0.25, 0.3) is 5.56 Å². The first-order valence-electron chi connectivity index (χ1n) is 6.50. The number of nitrogens with zero attached hydrogens (tertiary/aromatic N) is 2. The molecule has 0 N–H and O–H groups in total. The van der Waals surface area contributed by atoms with Crippen molar-refractivity contribution in [1.29, 1.82) is 0 Å². The lowest BCUT2D eigenvalue weighted by atomic mass is 10.2. The Morgan fingerprint density at radius 3 is 2.60 bits per heavy atom. The molecule has 2 aromatic rings. The predicted molar refractivity (Wildman–Crippen MR) is 79.3 cm³/mol. The van der Waals surface area contributed by atoms with Crippen LogP contribution in [0.15, 0.2) is 11.1 Å². The molecule has 2 aromatic heterocycles. The standard InChI is InChI=1S/C14H18N2O3S/c1-7(2)19-14(18)9(4)16-6-15-12-11(13(16)17)8(3)10(5)20-12/h6-7,9H,1-5H3/t9-/m0/s1. The molecule has 0 fully saturated rings. The molecule has 0 radical (unpaired) electrons. The average molecular weight is 294 g/mol. The Labute approximate surface area is 121 Å². The van der Waals surface area contributed by atoms with Gasteiger partial charge in [0.05, 0.1) is 17.8 Å². The van der Waals surface area contributed by atoms with Gasteiger partial charge in [0.15, 0.2) is 0 Å². The molecule has 0 unspecified atom stereocenters. The molecule has 5 nitrogen and oxygen atoms in total. The fourth-order valence-corrected chi connectivity index (χ4v) is 2.96. The van der Waals surface area contributed by atoms with Crippen LogP contribution >= 0.6 is 11.3 Å². The van der Waals surface area contributed by atoms with Crippen LogP contribution in [-0.4, -0.2) is 21.6 Å². The minimum atomic E-state index is -0.679. The molecule has 0 aliphatic heterocycles. The van der Waals surface area contributed by atoms with E-state index < -0.39 is 12.0 Å². The molecule has 108 valence electrons. The normalized spacial score (nSPS) is 12.9. The van der Waals surface area contributed by atoms with Crippen molar-refractivity contribution < 1.29 is 9.53 Å². The van der Waals surface area contributed by atoms with E-state index in [9.17, 15) is 9.59 Å². The zero-order valence-electron chi connectivity index (χ0n) is 12.3. The molecule has 0 saturated carbocycles. The average Bonchev–Trinajstić information content (AvgIpc) is 2.64. The Hall–Kier alpha value is -1.69. The van der Waals surface area contributed by atoms with Gasteiger partial charge in [-0.2, -0.15) is 0 Å². The summed E-state index contributed by atoms with van der Waals surface area (Å²) in [5, 5.41) is 0.596. The molecule has 0 spiro atoms. The molecular weight excluding hydrogens is 276 g/mol. The van der Waals surface area contributed by atoms with Gasteiger partial charge < -0.3 is 4.74 Å².